The van der Waals surface area contributed by atoms with E-state index in [0.717, 1.165) is 60.3 Å². The van der Waals surface area contributed by atoms with Gasteiger partial charge in [0.2, 0.25) is 5.82 Å². The largest absolute Gasteiger partial charge is 0.361 e. The molecule has 5 aromatic rings. The molecule has 0 aliphatic carbocycles. The lowest BCUT2D eigenvalue weighted by molar-refractivity contribution is 0.0630. The number of nitrogens with zero attached hydrogens (tertiary/aromatic N) is 4. The van der Waals surface area contributed by atoms with Crippen LogP contribution in [0.5, 0.6) is 0 Å². The Morgan fingerprint density at radius 3 is 2.46 bits per heavy atom. The van der Waals surface area contributed by atoms with Crippen molar-refractivity contribution in [2.24, 2.45) is 0 Å². The third-order valence-electron chi connectivity index (χ3n) is 6.54. The van der Waals surface area contributed by atoms with Crippen LogP contribution in [0.4, 0.5) is 0 Å². The van der Waals surface area contributed by atoms with E-state index in [9.17, 15) is 4.79 Å². The van der Waals surface area contributed by atoms with Gasteiger partial charge in [-0.1, -0.05) is 59.8 Å². The summed E-state index contributed by atoms with van der Waals surface area (Å²) >= 11 is 0. The molecule has 0 bridgehead atoms. The number of hydrogen-bond donors (Lipinski definition) is 1. The summed E-state index contributed by atoms with van der Waals surface area (Å²) in [7, 11) is 0. The van der Waals surface area contributed by atoms with Crippen molar-refractivity contribution < 1.29 is 9.32 Å². The molecule has 0 unspecified atom stereocenters. The number of H-pyrrole nitrogens is 1. The molecule has 0 atom stereocenters. The molecule has 35 heavy (non-hydrogen) atoms. The molecule has 1 fully saturated rings. The van der Waals surface area contributed by atoms with Gasteiger partial charge < -0.3 is 14.4 Å². The first kappa shape index (κ1) is 21.3. The first-order valence-electron chi connectivity index (χ1n) is 11.8. The van der Waals surface area contributed by atoms with Crippen molar-refractivity contribution in [1.82, 2.24) is 24.9 Å². The zero-order valence-corrected chi connectivity index (χ0v) is 19.2. The summed E-state index contributed by atoms with van der Waals surface area (Å²) in [5.74, 6) is 1.20. The Labute approximate surface area is 203 Å². The van der Waals surface area contributed by atoms with Gasteiger partial charge in [0.15, 0.2) is 0 Å². The lowest BCUT2D eigenvalue weighted by Crippen LogP contribution is -2.48. The van der Waals surface area contributed by atoms with E-state index in [0.29, 0.717) is 11.7 Å². The minimum Gasteiger partial charge on any atom is -0.361 e. The van der Waals surface area contributed by atoms with Gasteiger partial charge in [0.05, 0.1) is 11.1 Å². The first-order valence-corrected chi connectivity index (χ1v) is 11.8. The van der Waals surface area contributed by atoms with Crippen molar-refractivity contribution in [3.8, 4) is 22.8 Å². The third kappa shape index (κ3) is 4.34. The molecule has 1 saturated heterocycles. The summed E-state index contributed by atoms with van der Waals surface area (Å²) in [6.07, 6.45) is 1.88. The minimum atomic E-state index is 0.0945. The summed E-state index contributed by atoms with van der Waals surface area (Å²) in [4.78, 5) is 25.2. The first-order chi connectivity index (χ1) is 17.2. The average molecular weight is 464 g/mol. The van der Waals surface area contributed by atoms with Crippen LogP contribution in [-0.2, 0) is 6.54 Å². The van der Waals surface area contributed by atoms with Crippen LogP contribution < -0.4 is 0 Å². The smallest absolute Gasteiger partial charge is 0.258 e. The van der Waals surface area contributed by atoms with E-state index in [2.05, 4.69) is 32.2 Å². The zero-order valence-electron chi connectivity index (χ0n) is 19.2. The van der Waals surface area contributed by atoms with Gasteiger partial charge >= 0.3 is 0 Å². The van der Waals surface area contributed by atoms with Gasteiger partial charge in [0.1, 0.15) is 0 Å². The predicted octanol–water partition coefficient (Wildman–Crippen LogP) is 4.84. The van der Waals surface area contributed by atoms with Crippen molar-refractivity contribution >= 4 is 16.8 Å². The Balaban J connectivity index is 1.07. The summed E-state index contributed by atoms with van der Waals surface area (Å²) in [6.45, 7) is 3.98. The van der Waals surface area contributed by atoms with Crippen LogP contribution in [0, 0.1) is 0 Å². The lowest BCUT2D eigenvalue weighted by Gasteiger charge is -2.35. The lowest BCUT2D eigenvalue weighted by atomic mass is 10.1. The third-order valence-corrected chi connectivity index (χ3v) is 6.54. The number of carbonyl (C=O) groups is 1. The van der Waals surface area contributed by atoms with Gasteiger partial charge in [-0.25, -0.2) is 0 Å². The number of carbonyl (C=O) groups excluding carboxylic acids is 1. The summed E-state index contributed by atoms with van der Waals surface area (Å²) in [6, 6.07) is 25.9. The Bertz CT molecular complexity index is 1450. The number of piperazine rings is 1. The predicted molar refractivity (Wildman–Crippen MR) is 135 cm³/mol. The molecule has 3 heterocycles. The van der Waals surface area contributed by atoms with E-state index < -0.39 is 0 Å². The van der Waals surface area contributed by atoms with Crippen molar-refractivity contribution in [3.05, 3.63) is 96.2 Å². The highest BCUT2D eigenvalue weighted by Gasteiger charge is 2.23. The summed E-state index contributed by atoms with van der Waals surface area (Å²) < 4.78 is 5.43. The number of fused-ring (bicyclic) bond motifs is 1. The van der Waals surface area contributed by atoms with Gasteiger partial charge in [0, 0.05) is 55.4 Å². The van der Waals surface area contributed by atoms with Gasteiger partial charge in [-0.3, -0.25) is 9.69 Å². The number of nitrogens with one attached hydrogen (secondary N) is 1. The molecule has 0 saturated carbocycles. The summed E-state index contributed by atoms with van der Waals surface area (Å²) in [5.41, 5.74) is 4.71. The van der Waals surface area contributed by atoms with Crippen molar-refractivity contribution in [1.29, 1.82) is 0 Å². The minimum absolute atomic E-state index is 0.0945. The number of para-hydroxylation sites is 1. The Morgan fingerprint density at radius 1 is 0.857 bits per heavy atom. The second kappa shape index (κ2) is 9.19. The normalized spacial score (nSPS) is 14.5. The quantitative estimate of drug-likeness (QED) is 0.403. The maximum atomic E-state index is 13.1. The van der Waals surface area contributed by atoms with Crippen LogP contribution in [-0.4, -0.2) is 57.0 Å². The molecule has 7 nitrogen and oxygen atoms in total. The molecule has 0 radical (unpaired) electrons. The van der Waals surface area contributed by atoms with Crippen molar-refractivity contribution in [3.63, 3.8) is 0 Å². The molecule has 174 valence electrons. The molecule has 1 N–H and O–H groups in total. The van der Waals surface area contributed by atoms with E-state index in [1.165, 1.54) is 5.56 Å². The van der Waals surface area contributed by atoms with Crippen LogP contribution in [0.3, 0.4) is 0 Å². The fraction of sp³-hybridized carbons (Fsp3) is 0.179. The van der Waals surface area contributed by atoms with Crippen molar-refractivity contribution in [2.75, 3.05) is 26.2 Å². The Morgan fingerprint density at radius 2 is 1.66 bits per heavy atom. The van der Waals surface area contributed by atoms with Crippen LogP contribution >= 0.6 is 0 Å². The standard InChI is InChI=1S/C28H25N5O2/c34-28(24-8-4-7-21-13-14-29-25(21)24)33-17-15-32(16-18-33)19-20-9-11-22(12-10-20)26-30-27(35-31-26)23-5-2-1-3-6-23/h1-14,29H,15-19H2. The molecule has 1 amide bonds. The molecule has 0 spiro atoms. The second-order valence-corrected chi connectivity index (χ2v) is 8.80. The SMILES string of the molecule is O=C(c1cccc2cc[nH]c12)N1CCN(Cc2ccc(-c3noc(-c4ccccc4)n3)cc2)CC1. The zero-order chi connectivity index (χ0) is 23.6. The van der Waals surface area contributed by atoms with Crippen molar-refractivity contribution in [2.45, 2.75) is 6.54 Å². The fourth-order valence-electron chi connectivity index (χ4n) is 4.60. The molecule has 2 aromatic heterocycles. The molecule has 1 aliphatic rings. The number of benzene rings is 3. The van der Waals surface area contributed by atoms with Gasteiger partial charge in [-0.15, -0.1) is 0 Å². The average Bonchev–Trinajstić information content (AvgIpc) is 3.60. The highest BCUT2D eigenvalue weighted by Crippen LogP contribution is 2.23. The second-order valence-electron chi connectivity index (χ2n) is 8.80. The molecule has 6 rings (SSSR count). The maximum Gasteiger partial charge on any atom is 0.258 e. The fourth-order valence-corrected chi connectivity index (χ4v) is 4.60. The van der Waals surface area contributed by atoms with E-state index >= 15 is 0 Å². The molecule has 7 heteroatoms. The number of aromatic amines is 1. The Kier molecular flexibility index (Phi) is 5.60. The van der Waals surface area contributed by atoms with Crippen LogP contribution in [0.2, 0.25) is 0 Å². The maximum absolute atomic E-state index is 13.1. The number of hydrogen-bond acceptors (Lipinski definition) is 5. The highest BCUT2D eigenvalue weighted by molar-refractivity contribution is 6.05. The monoisotopic (exact) mass is 463 g/mol. The molecule has 3 aromatic carbocycles. The van der Waals surface area contributed by atoms with Gasteiger partial charge in [0.25, 0.3) is 11.8 Å². The highest BCUT2D eigenvalue weighted by atomic mass is 16.5. The van der Waals surface area contributed by atoms with Crippen LogP contribution in [0.25, 0.3) is 33.7 Å². The van der Waals surface area contributed by atoms with E-state index in [4.69, 9.17) is 4.52 Å². The number of aromatic nitrogens is 3. The molecule has 1 aliphatic heterocycles. The van der Waals surface area contributed by atoms with Crippen LogP contribution in [0.1, 0.15) is 15.9 Å². The number of rotatable bonds is 5. The van der Waals surface area contributed by atoms with Crippen LogP contribution in [0.15, 0.2) is 89.6 Å². The molecular weight excluding hydrogens is 438 g/mol. The number of amides is 1. The molecular formula is C28H25N5O2. The van der Waals surface area contributed by atoms with E-state index in [-0.39, 0.29) is 5.91 Å². The summed E-state index contributed by atoms with van der Waals surface area (Å²) in [5, 5.41) is 5.20. The topological polar surface area (TPSA) is 78.3 Å². The Hall–Kier alpha value is -4.23. The van der Waals surface area contributed by atoms with E-state index in [1.54, 1.807) is 0 Å². The van der Waals surface area contributed by atoms with E-state index in [1.807, 2.05) is 77.8 Å². The van der Waals surface area contributed by atoms with Gasteiger partial charge in [-0.2, -0.15) is 4.98 Å². The van der Waals surface area contributed by atoms with Gasteiger partial charge in [-0.05, 0) is 29.8 Å².